The SMILES string of the molecule is Cc1cc([C@H](C(=O)N2C[C@H](S(=O)(=O)F)C[C@H]2C(=O)N[C@@H](CC(=O)N2CCC(C#Cc3ccc(C(=O)NC4C(C)(C)C(Oc5ccc(C#N)c(C(F)(F)F)c5)C4(C)C)cc3)CC2)c2ccc(-c3scnc3C)cc2)C(C)C)on1. The van der Waals surface area contributed by atoms with Crippen molar-refractivity contribution in [3.05, 3.63) is 123 Å². The Morgan fingerprint density at radius 2 is 1.63 bits per heavy atom. The van der Waals surface area contributed by atoms with Crippen LogP contribution in [0.2, 0.25) is 0 Å². The molecule has 3 fully saturated rings. The van der Waals surface area contributed by atoms with Gasteiger partial charge in [-0.05, 0) is 92.6 Å². The van der Waals surface area contributed by atoms with Crippen molar-refractivity contribution in [3.63, 3.8) is 0 Å². The number of nitriles is 1. The fraction of sp³-hybridized carbons (Fsp3) is 0.456. The molecule has 1 aliphatic carbocycles. The zero-order valence-corrected chi connectivity index (χ0v) is 46.0. The molecule has 4 atom stereocenters. The van der Waals surface area contributed by atoms with E-state index < -0.39 is 98.5 Å². The van der Waals surface area contributed by atoms with Gasteiger partial charge in [0.25, 0.3) is 5.91 Å². The third kappa shape index (κ3) is 12.1. The molecule has 21 heteroatoms. The van der Waals surface area contributed by atoms with E-state index in [0.29, 0.717) is 48.3 Å². The Morgan fingerprint density at radius 1 is 0.962 bits per heavy atom. The Balaban J connectivity index is 0.904. The van der Waals surface area contributed by atoms with E-state index >= 15 is 0 Å². The van der Waals surface area contributed by atoms with Gasteiger partial charge >= 0.3 is 16.4 Å². The Morgan fingerprint density at radius 3 is 2.19 bits per heavy atom. The normalized spacial score (nSPS) is 20.9. The summed E-state index contributed by atoms with van der Waals surface area (Å²) < 4.78 is 91.9. The van der Waals surface area contributed by atoms with Gasteiger partial charge in [0.15, 0.2) is 0 Å². The summed E-state index contributed by atoms with van der Waals surface area (Å²) in [7, 11) is -5.17. The largest absolute Gasteiger partial charge is 0.489 e. The highest BCUT2D eigenvalue weighted by atomic mass is 32.3. The lowest BCUT2D eigenvalue weighted by Crippen LogP contribution is -2.74. The van der Waals surface area contributed by atoms with Gasteiger partial charge in [-0.1, -0.05) is 82.8 Å². The van der Waals surface area contributed by atoms with Crippen molar-refractivity contribution < 1.29 is 53.9 Å². The van der Waals surface area contributed by atoms with Crippen LogP contribution in [-0.4, -0.2) is 95.1 Å². The molecule has 3 aliphatic rings. The molecule has 2 aromatic heterocycles. The number of hydrogen-bond donors (Lipinski definition) is 2. The number of carbonyl (C=O) groups excluding carboxylic acids is 4. The molecular weight excluding hydrogens is 1050 g/mol. The van der Waals surface area contributed by atoms with Crippen molar-refractivity contribution in [2.45, 2.75) is 123 Å². The van der Waals surface area contributed by atoms with E-state index in [9.17, 15) is 49.9 Å². The number of amides is 4. The van der Waals surface area contributed by atoms with Crippen LogP contribution in [0, 0.1) is 59.7 Å². The molecule has 412 valence electrons. The lowest BCUT2D eigenvalue weighted by molar-refractivity contribution is -0.164. The molecular formula is C57H61F4N7O8S2. The lowest BCUT2D eigenvalue weighted by atomic mass is 9.49. The summed E-state index contributed by atoms with van der Waals surface area (Å²) in [5.41, 5.74) is 2.66. The summed E-state index contributed by atoms with van der Waals surface area (Å²) in [6.45, 7) is 14.8. The highest BCUT2D eigenvalue weighted by Crippen LogP contribution is 2.56. The Hall–Kier alpha value is -7.10. The van der Waals surface area contributed by atoms with Crippen LogP contribution in [0.15, 0.2) is 82.8 Å². The van der Waals surface area contributed by atoms with Crippen LogP contribution < -0.4 is 15.4 Å². The third-order valence-corrected chi connectivity index (χ3v) is 17.5. The second-order valence-electron chi connectivity index (χ2n) is 22.0. The summed E-state index contributed by atoms with van der Waals surface area (Å²) in [6.07, 6.45) is -4.85. The van der Waals surface area contributed by atoms with Gasteiger partial charge in [0.05, 0.1) is 51.4 Å². The topological polar surface area (TPSA) is 205 Å². The maximum absolute atomic E-state index is 14.7. The van der Waals surface area contributed by atoms with Crippen LogP contribution in [0.3, 0.4) is 0 Å². The molecule has 5 aromatic rings. The summed E-state index contributed by atoms with van der Waals surface area (Å²) in [5, 5.41) is 17.5. The average Bonchev–Trinajstić information content (AvgIpc) is 4.30. The smallest absolute Gasteiger partial charge is 0.417 e. The predicted octanol–water partition coefficient (Wildman–Crippen LogP) is 9.46. The number of hydrogen-bond acceptors (Lipinski definition) is 12. The zero-order chi connectivity index (χ0) is 56.6. The Kier molecular flexibility index (Phi) is 16.3. The molecule has 2 aliphatic heterocycles. The van der Waals surface area contributed by atoms with E-state index in [1.165, 1.54) is 17.4 Å². The summed E-state index contributed by atoms with van der Waals surface area (Å²) >= 11 is 1.47. The predicted molar refractivity (Wildman–Crippen MR) is 283 cm³/mol. The first-order valence-electron chi connectivity index (χ1n) is 25.6. The van der Waals surface area contributed by atoms with E-state index in [0.717, 1.165) is 33.2 Å². The molecule has 78 heavy (non-hydrogen) atoms. The lowest BCUT2D eigenvalue weighted by Gasteiger charge is -2.63. The molecule has 4 amide bonds. The number of benzene rings is 3. The molecule has 0 bridgehead atoms. The second kappa shape index (κ2) is 22.3. The number of halogens is 4. The van der Waals surface area contributed by atoms with Crippen molar-refractivity contribution in [1.29, 1.82) is 5.26 Å². The second-order valence-corrected chi connectivity index (χ2v) is 24.4. The van der Waals surface area contributed by atoms with Crippen molar-refractivity contribution in [1.82, 2.24) is 30.6 Å². The van der Waals surface area contributed by atoms with Gasteiger partial charge in [0.2, 0.25) is 17.7 Å². The van der Waals surface area contributed by atoms with E-state index in [2.05, 4.69) is 32.6 Å². The number of aromatic nitrogens is 2. The van der Waals surface area contributed by atoms with Crippen LogP contribution in [0.1, 0.15) is 129 Å². The minimum Gasteiger partial charge on any atom is -0.489 e. The van der Waals surface area contributed by atoms with Gasteiger partial charge in [-0.3, -0.25) is 19.2 Å². The molecule has 2 saturated heterocycles. The summed E-state index contributed by atoms with van der Waals surface area (Å²) in [5.74, 6) is 3.39. The third-order valence-electron chi connectivity index (χ3n) is 15.3. The maximum Gasteiger partial charge on any atom is 0.417 e. The first-order chi connectivity index (χ1) is 36.7. The number of likely N-dealkylation sites (tertiary alicyclic amines) is 2. The number of nitrogens with zero attached hydrogens (tertiary/aromatic N) is 5. The average molecular weight is 1110 g/mol. The number of aryl methyl sites for hydroxylation is 2. The molecule has 15 nitrogen and oxygen atoms in total. The van der Waals surface area contributed by atoms with E-state index in [-0.39, 0.29) is 41.6 Å². The van der Waals surface area contributed by atoms with Crippen LogP contribution in [0.25, 0.3) is 10.4 Å². The number of thiazole rings is 1. The van der Waals surface area contributed by atoms with Gasteiger partial charge in [-0.15, -0.1) is 15.2 Å². The van der Waals surface area contributed by atoms with Crippen molar-refractivity contribution in [3.8, 4) is 34.1 Å². The molecule has 8 rings (SSSR count). The van der Waals surface area contributed by atoms with Gasteiger partial charge < -0.3 is 29.7 Å². The molecule has 3 aromatic carbocycles. The molecule has 0 unspecified atom stereocenters. The van der Waals surface area contributed by atoms with Crippen LogP contribution in [0.4, 0.5) is 17.1 Å². The molecule has 0 spiro atoms. The number of piperidine rings is 1. The highest BCUT2D eigenvalue weighted by Gasteiger charge is 2.64. The van der Waals surface area contributed by atoms with E-state index in [4.69, 9.17) is 9.26 Å². The Labute approximate surface area is 455 Å². The van der Waals surface area contributed by atoms with E-state index in [1.54, 1.807) is 79.7 Å². The van der Waals surface area contributed by atoms with Crippen LogP contribution in [0.5, 0.6) is 5.75 Å². The highest BCUT2D eigenvalue weighted by molar-refractivity contribution is 7.87. The van der Waals surface area contributed by atoms with Gasteiger partial charge in [0, 0.05) is 59.6 Å². The monoisotopic (exact) mass is 1110 g/mol. The standard InChI is InChI=1S/C57H61F4N7O8S2/c1-32(2)48(46-25-33(3)66-76-46)52(72)68-30-42(78(61,73)74)27-45(68)51(71)64-44(37-15-17-38(18-16-37)49-34(4)63-31-77-49)28-47(69)67-23-21-36(22-24-67)10-9-35-11-13-39(14-12-35)50(70)65-53-55(5,6)54(56(53,7)8)75-41-20-19-40(29-62)43(26-41)57(58,59)60/h11-20,25-26,31-32,36,42,44-45,48,53-54H,21-24,27-28,30H2,1-8H3,(H,64,71)(H,65,70)/t42-,44+,45+,48-,53?,54?/m1/s1. The first-order valence-corrected chi connectivity index (χ1v) is 28.0. The quantitative estimate of drug-likeness (QED) is 0.0609. The van der Waals surface area contributed by atoms with E-state index in [1.807, 2.05) is 46.8 Å². The minimum absolute atomic E-state index is 0.0273. The summed E-state index contributed by atoms with van der Waals surface area (Å²) in [6, 6.07) is 17.8. The minimum atomic E-state index is -5.17. The Bertz CT molecular complexity index is 3280. The zero-order valence-electron chi connectivity index (χ0n) is 44.4. The molecule has 0 radical (unpaired) electrons. The summed E-state index contributed by atoms with van der Waals surface area (Å²) in [4.78, 5) is 64.6. The molecule has 1 saturated carbocycles. The first kappa shape index (κ1) is 57.1. The van der Waals surface area contributed by atoms with Gasteiger partial charge in [-0.2, -0.15) is 26.9 Å². The number of carbonyl (C=O) groups is 4. The molecule has 4 heterocycles. The number of alkyl halides is 3. The van der Waals surface area contributed by atoms with Crippen molar-refractivity contribution in [2.75, 3.05) is 19.6 Å². The maximum atomic E-state index is 14.7. The fourth-order valence-electron chi connectivity index (χ4n) is 11.4. The van der Waals surface area contributed by atoms with Crippen molar-refractivity contribution in [2.24, 2.45) is 22.7 Å². The van der Waals surface area contributed by atoms with Gasteiger partial charge in [0.1, 0.15) is 34.8 Å². The van der Waals surface area contributed by atoms with Crippen molar-refractivity contribution >= 4 is 45.2 Å². The van der Waals surface area contributed by atoms with Crippen LogP contribution >= 0.6 is 11.3 Å². The van der Waals surface area contributed by atoms with Crippen LogP contribution in [-0.2, 0) is 30.8 Å². The molecule has 2 N–H and O–H groups in total. The number of rotatable bonds is 14. The number of nitrogens with one attached hydrogen (secondary N) is 2. The number of ether oxygens (including phenoxy) is 1. The fourth-order valence-corrected chi connectivity index (χ4v) is 13.0. The van der Waals surface area contributed by atoms with Gasteiger partial charge in [-0.25, -0.2) is 4.98 Å².